The summed E-state index contributed by atoms with van der Waals surface area (Å²) in [5.41, 5.74) is 1.96. The van der Waals surface area contributed by atoms with Crippen molar-refractivity contribution in [2.24, 2.45) is 4.99 Å². The van der Waals surface area contributed by atoms with Crippen LogP contribution in [0.3, 0.4) is 0 Å². The van der Waals surface area contributed by atoms with Gasteiger partial charge in [-0.2, -0.15) is 0 Å². The highest BCUT2D eigenvalue weighted by molar-refractivity contribution is 5.79. The summed E-state index contributed by atoms with van der Waals surface area (Å²) in [7, 11) is 1.76. The number of fused-ring (bicyclic) bond motifs is 1. The summed E-state index contributed by atoms with van der Waals surface area (Å²) in [5, 5.41) is 15.0. The molecule has 0 spiro atoms. The van der Waals surface area contributed by atoms with Crippen LogP contribution in [0.25, 0.3) is 5.65 Å². The van der Waals surface area contributed by atoms with Gasteiger partial charge >= 0.3 is 0 Å². The normalized spacial score (nSPS) is 14.8. The van der Waals surface area contributed by atoms with Gasteiger partial charge in [0.2, 0.25) is 0 Å². The van der Waals surface area contributed by atoms with E-state index >= 15 is 0 Å². The fourth-order valence-electron chi connectivity index (χ4n) is 3.01. The largest absolute Gasteiger partial charge is 0.490 e. The molecule has 27 heavy (non-hydrogen) atoms. The molecule has 1 saturated carbocycles. The third-order valence-electron chi connectivity index (χ3n) is 4.79. The lowest BCUT2D eigenvalue weighted by atomic mass is 9.96. The highest BCUT2D eigenvalue weighted by atomic mass is 16.5. The molecule has 0 atom stereocenters. The van der Waals surface area contributed by atoms with Crippen LogP contribution in [0, 0.1) is 0 Å². The van der Waals surface area contributed by atoms with Crippen LogP contribution in [0.5, 0.6) is 5.75 Å². The van der Waals surface area contributed by atoms with Gasteiger partial charge in [-0.1, -0.05) is 24.3 Å². The fraction of sp³-hybridized carbons (Fsp3) is 0.350. The first-order valence-electron chi connectivity index (χ1n) is 9.31. The van der Waals surface area contributed by atoms with Gasteiger partial charge in [0.1, 0.15) is 5.75 Å². The second-order valence-corrected chi connectivity index (χ2v) is 6.60. The van der Waals surface area contributed by atoms with Crippen molar-refractivity contribution < 1.29 is 4.74 Å². The van der Waals surface area contributed by atoms with Crippen LogP contribution in [0.4, 0.5) is 0 Å². The molecule has 2 heterocycles. The minimum absolute atomic E-state index is 0.366. The Hall–Kier alpha value is -3.09. The van der Waals surface area contributed by atoms with E-state index in [9.17, 15) is 0 Å². The molecule has 2 aromatic heterocycles. The molecule has 7 heteroatoms. The molecule has 1 aliphatic carbocycles. The number of hydrogen-bond acceptors (Lipinski definition) is 4. The maximum atomic E-state index is 6.09. The van der Waals surface area contributed by atoms with E-state index in [0.717, 1.165) is 35.6 Å². The zero-order valence-electron chi connectivity index (χ0n) is 15.4. The number of aliphatic imine (C=N–C) groups is 1. The molecule has 1 aliphatic rings. The third-order valence-corrected chi connectivity index (χ3v) is 4.79. The molecular formula is C20H24N6O. The van der Waals surface area contributed by atoms with Crippen LogP contribution in [0.1, 0.15) is 30.7 Å². The highest BCUT2D eigenvalue weighted by Gasteiger charge is 2.20. The Kier molecular flexibility index (Phi) is 5.18. The second kappa shape index (κ2) is 8.07. The van der Waals surface area contributed by atoms with E-state index < -0.39 is 0 Å². The van der Waals surface area contributed by atoms with E-state index in [-0.39, 0.29) is 0 Å². The molecule has 1 fully saturated rings. The Labute approximate surface area is 158 Å². The minimum atomic E-state index is 0.366. The van der Waals surface area contributed by atoms with Crippen LogP contribution in [0.15, 0.2) is 53.7 Å². The van der Waals surface area contributed by atoms with Crippen LogP contribution in [0.2, 0.25) is 0 Å². The fourth-order valence-corrected chi connectivity index (χ4v) is 3.01. The first kappa shape index (κ1) is 17.3. The number of guanidine groups is 1. The maximum absolute atomic E-state index is 6.09. The van der Waals surface area contributed by atoms with E-state index in [1.165, 1.54) is 6.42 Å². The molecule has 0 saturated heterocycles. The van der Waals surface area contributed by atoms with Gasteiger partial charge in [0.05, 0.1) is 12.6 Å². The number of ether oxygens (including phenoxy) is 1. The number of rotatable bonds is 6. The van der Waals surface area contributed by atoms with Gasteiger partial charge in [0, 0.05) is 25.4 Å². The topological polar surface area (TPSA) is 75.8 Å². The first-order valence-corrected chi connectivity index (χ1v) is 9.31. The molecule has 0 amide bonds. The zero-order chi connectivity index (χ0) is 18.5. The SMILES string of the molecule is CN=C(NCc1ccccc1OC1CCC1)NCc1nnc2ccccn12. The number of pyridine rings is 1. The van der Waals surface area contributed by atoms with Gasteiger partial charge in [0.25, 0.3) is 0 Å². The standard InChI is InChI=1S/C20H24N6O/c1-21-20(23-14-19-25-24-18-11-4-5-12-26(18)19)22-13-15-7-2-3-10-17(15)27-16-8-6-9-16/h2-5,7,10-12,16H,6,8-9,13-14H2,1H3,(H2,21,22,23). The summed E-state index contributed by atoms with van der Waals surface area (Å²) in [6, 6.07) is 14.0. The van der Waals surface area contributed by atoms with Gasteiger partial charge in [0.15, 0.2) is 17.4 Å². The Morgan fingerprint density at radius 2 is 1.93 bits per heavy atom. The quantitative estimate of drug-likeness (QED) is 0.519. The molecule has 0 aliphatic heterocycles. The Balaban J connectivity index is 1.36. The molecule has 0 radical (unpaired) electrons. The lowest BCUT2D eigenvalue weighted by Crippen LogP contribution is -2.37. The van der Waals surface area contributed by atoms with Gasteiger partial charge in [-0.25, -0.2) is 0 Å². The summed E-state index contributed by atoms with van der Waals surface area (Å²) in [6.07, 6.45) is 5.88. The average Bonchev–Trinajstić information content (AvgIpc) is 3.09. The number of benzene rings is 1. The van der Waals surface area contributed by atoms with Crippen LogP contribution in [-0.4, -0.2) is 33.7 Å². The predicted molar refractivity (Wildman–Crippen MR) is 105 cm³/mol. The molecule has 140 valence electrons. The molecule has 2 N–H and O–H groups in total. The minimum Gasteiger partial charge on any atom is -0.490 e. The Morgan fingerprint density at radius 1 is 1.11 bits per heavy atom. The molecular weight excluding hydrogens is 340 g/mol. The summed E-state index contributed by atoms with van der Waals surface area (Å²) in [6.45, 7) is 1.17. The molecule has 0 bridgehead atoms. The summed E-state index contributed by atoms with van der Waals surface area (Å²) >= 11 is 0. The van der Waals surface area contributed by atoms with Crippen molar-refractivity contribution in [2.45, 2.75) is 38.5 Å². The van der Waals surface area contributed by atoms with Crippen molar-refractivity contribution in [1.82, 2.24) is 25.2 Å². The van der Waals surface area contributed by atoms with Crippen molar-refractivity contribution in [1.29, 1.82) is 0 Å². The van der Waals surface area contributed by atoms with Gasteiger partial charge in [-0.3, -0.25) is 9.39 Å². The van der Waals surface area contributed by atoms with Crippen LogP contribution in [-0.2, 0) is 13.1 Å². The first-order chi connectivity index (χ1) is 13.3. The average molecular weight is 364 g/mol. The van der Waals surface area contributed by atoms with Gasteiger partial charge in [-0.15, -0.1) is 10.2 Å². The van der Waals surface area contributed by atoms with E-state index in [4.69, 9.17) is 4.74 Å². The molecule has 7 nitrogen and oxygen atoms in total. The molecule has 0 unspecified atom stereocenters. The monoisotopic (exact) mass is 364 g/mol. The van der Waals surface area contributed by atoms with E-state index in [1.54, 1.807) is 7.05 Å². The summed E-state index contributed by atoms with van der Waals surface area (Å²) in [5.74, 6) is 2.50. The summed E-state index contributed by atoms with van der Waals surface area (Å²) in [4.78, 5) is 4.30. The molecule has 1 aromatic carbocycles. The number of hydrogen-bond donors (Lipinski definition) is 2. The lowest BCUT2D eigenvalue weighted by Gasteiger charge is -2.27. The van der Waals surface area contributed by atoms with E-state index in [2.05, 4.69) is 31.9 Å². The van der Waals surface area contributed by atoms with Gasteiger partial charge < -0.3 is 15.4 Å². The second-order valence-electron chi connectivity index (χ2n) is 6.60. The van der Waals surface area contributed by atoms with Crippen molar-refractivity contribution >= 4 is 11.6 Å². The number of nitrogens with one attached hydrogen (secondary N) is 2. The number of para-hydroxylation sites is 1. The van der Waals surface area contributed by atoms with Crippen molar-refractivity contribution in [2.75, 3.05) is 7.05 Å². The van der Waals surface area contributed by atoms with Crippen molar-refractivity contribution in [3.05, 3.63) is 60.0 Å². The summed E-state index contributed by atoms with van der Waals surface area (Å²) < 4.78 is 8.05. The lowest BCUT2D eigenvalue weighted by molar-refractivity contribution is 0.119. The van der Waals surface area contributed by atoms with E-state index in [0.29, 0.717) is 25.2 Å². The van der Waals surface area contributed by atoms with Crippen molar-refractivity contribution in [3.63, 3.8) is 0 Å². The highest BCUT2D eigenvalue weighted by Crippen LogP contribution is 2.27. The van der Waals surface area contributed by atoms with Crippen molar-refractivity contribution in [3.8, 4) is 5.75 Å². The van der Waals surface area contributed by atoms with Crippen LogP contribution >= 0.6 is 0 Å². The Bertz CT molecular complexity index is 931. The third kappa shape index (κ3) is 4.02. The number of nitrogens with zero attached hydrogens (tertiary/aromatic N) is 4. The number of aromatic nitrogens is 3. The zero-order valence-corrected chi connectivity index (χ0v) is 15.4. The molecule has 4 rings (SSSR count). The Morgan fingerprint density at radius 3 is 2.74 bits per heavy atom. The van der Waals surface area contributed by atoms with Crippen LogP contribution < -0.4 is 15.4 Å². The van der Waals surface area contributed by atoms with E-state index in [1.807, 2.05) is 47.0 Å². The maximum Gasteiger partial charge on any atom is 0.191 e. The van der Waals surface area contributed by atoms with Gasteiger partial charge in [-0.05, 0) is 37.5 Å². The predicted octanol–water partition coefficient (Wildman–Crippen LogP) is 2.53. The smallest absolute Gasteiger partial charge is 0.191 e. The molecule has 3 aromatic rings.